The number of benzene rings is 1. The van der Waals surface area contributed by atoms with Crippen LogP contribution >= 0.6 is 0 Å². The fourth-order valence-corrected chi connectivity index (χ4v) is 2.64. The summed E-state index contributed by atoms with van der Waals surface area (Å²) in [7, 11) is 0. The number of nitrogens with one attached hydrogen (secondary N) is 1. The molecule has 18 heavy (non-hydrogen) atoms. The first-order valence-electron chi connectivity index (χ1n) is 7.32. The number of hydrogen-bond acceptors (Lipinski definition) is 2. The van der Waals surface area contributed by atoms with Crippen molar-refractivity contribution < 1.29 is 4.74 Å². The average molecular weight is 247 g/mol. The van der Waals surface area contributed by atoms with Gasteiger partial charge in [0.05, 0.1) is 6.10 Å². The lowest BCUT2D eigenvalue weighted by atomic mass is 9.89. The molecule has 0 spiro atoms. The van der Waals surface area contributed by atoms with Gasteiger partial charge in [-0.05, 0) is 56.3 Å². The standard InChI is InChI=1S/C16H25NO/c1-2-17-12-5-6-13-18-16-11-7-9-14-8-3-4-10-15(14)16/h3-4,8,10,16-17H,2,5-7,9,11-13H2,1H3. The molecular formula is C16H25NO. The van der Waals surface area contributed by atoms with Gasteiger partial charge >= 0.3 is 0 Å². The molecule has 0 aromatic heterocycles. The Labute approximate surface area is 111 Å². The van der Waals surface area contributed by atoms with E-state index in [1.807, 2.05) is 0 Å². The fourth-order valence-electron chi connectivity index (χ4n) is 2.64. The van der Waals surface area contributed by atoms with Gasteiger partial charge in [0, 0.05) is 6.61 Å². The monoisotopic (exact) mass is 247 g/mol. The Morgan fingerprint density at radius 1 is 1.28 bits per heavy atom. The van der Waals surface area contributed by atoms with E-state index in [4.69, 9.17) is 4.74 Å². The van der Waals surface area contributed by atoms with E-state index >= 15 is 0 Å². The Morgan fingerprint density at radius 3 is 3.06 bits per heavy atom. The van der Waals surface area contributed by atoms with Crippen molar-refractivity contribution in [2.75, 3.05) is 19.7 Å². The lowest BCUT2D eigenvalue weighted by Crippen LogP contribution is -2.16. The van der Waals surface area contributed by atoms with Gasteiger partial charge in [-0.25, -0.2) is 0 Å². The molecule has 0 amide bonds. The molecule has 2 heteroatoms. The van der Waals surface area contributed by atoms with Crippen LogP contribution in [0.15, 0.2) is 24.3 Å². The van der Waals surface area contributed by atoms with Crippen LogP contribution in [0.1, 0.15) is 49.8 Å². The second kappa shape index (κ2) is 7.55. The summed E-state index contributed by atoms with van der Waals surface area (Å²) in [6.07, 6.45) is 6.38. The first kappa shape index (κ1) is 13.6. The van der Waals surface area contributed by atoms with Crippen molar-refractivity contribution in [1.29, 1.82) is 0 Å². The van der Waals surface area contributed by atoms with Gasteiger partial charge in [0.2, 0.25) is 0 Å². The molecule has 1 aromatic carbocycles. The fraction of sp³-hybridized carbons (Fsp3) is 0.625. The van der Waals surface area contributed by atoms with Gasteiger partial charge in [0.1, 0.15) is 0 Å². The molecule has 0 fully saturated rings. The van der Waals surface area contributed by atoms with Crippen molar-refractivity contribution in [3.05, 3.63) is 35.4 Å². The lowest BCUT2D eigenvalue weighted by molar-refractivity contribution is 0.0385. The van der Waals surface area contributed by atoms with Gasteiger partial charge in [-0.1, -0.05) is 31.2 Å². The highest BCUT2D eigenvalue weighted by Gasteiger charge is 2.19. The van der Waals surface area contributed by atoms with Crippen molar-refractivity contribution in [3.8, 4) is 0 Å². The molecule has 0 heterocycles. The molecular weight excluding hydrogens is 222 g/mol. The van der Waals surface area contributed by atoms with Gasteiger partial charge in [-0.15, -0.1) is 0 Å². The minimum absolute atomic E-state index is 0.342. The van der Waals surface area contributed by atoms with E-state index < -0.39 is 0 Å². The third-order valence-corrected chi connectivity index (χ3v) is 3.63. The number of fused-ring (bicyclic) bond motifs is 1. The summed E-state index contributed by atoms with van der Waals surface area (Å²) >= 11 is 0. The summed E-state index contributed by atoms with van der Waals surface area (Å²) in [5, 5.41) is 3.35. The highest BCUT2D eigenvalue weighted by Crippen LogP contribution is 2.32. The summed E-state index contributed by atoms with van der Waals surface area (Å²) in [5.74, 6) is 0. The second-order valence-electron chi connectivity index (χ2n) is 5.01. The zero-order chi connectivity index (χ0) is 12.6. The Bertz CT molecular complexity index is 351. The van der Waals surface area contributed by atoms with Crippen LogP contribution in [-0.2, 0) is 11.2 Å². The van der Waals surface area contributed by atoms with Crippen molar-refractivity contribution in [2.24, 2.45) is 0 Å². The number of aryl methyl sites for hydroxylation is 1. The van der Waals surface area contributed by atoms with Crippen LogP contribution in [0, 0.1) is 0 Å². The number of rotatable bonds is 7. The quantitative estimate of drug-likeness (QED) is 0.745. The largest absolute Gasteiger partial charge is 0.374 e. The van der Waals surface area contributed by atoms with Crippen LogP contribution in [0.3, 0.4) is 0 Å². The molecule has 0 bridgehead atoms. The van der Waals surface area contributed by atoms with E-state index in [1.54, 1.807) is 0 Å². The highest BCUT2D eigenvalue weighted by molar-refractivity contribution is 5.31. The maximum absolute atomic E-state index is 6.06. The van der Waals surface area contributed by atoms with E-state index in [9.17, 15) is 0 Å². The van der Waals surface area contributed by atoms with E-state index in [2.05, 4.69) is 36.5 Å². The van der Waals surface area contributed by atoms with Crippen molar-refractivity contribution in [3.63, 3.8) is 0 Å². The van der Waals surface area contributed by atoms with Crippen molar-refractivity contribution >= 4 is 0 Å². The topological polar surface area (TPSA) is 21.3 Å². The second-order valence-corrected chi connectivity index (χ2v) is 5.01. The lowest BCUT2D eigenvalue weighted by Gasteiger charge is -2.25. The van der Waals surface area contributed by atoms with Crippen LogP contribution in [0.4, 0.5) is 0 Å². The zero-order valence-corrected chi connectivity index (χ0v) is 11.5. The van der Waals surface area contributed by atoms with E-state index in [-0.39, 0.29) is 0 Å². The Hall–Kier alpha value is -0.860. The molecule has 1 atom stereocenters. The summed E-state index contributed by atoms with van der Waals surface area (Å²) in [6.45, 7) is 5.22. The third-order valence-electron chi connectivity index (χ3n) is 3.63. The molecule has 100 valence electrons. The van der Waals surface area contributed by atoms with Crippen LogP contribution in [-0.4, -0.2) is 19.7 Å². The van der Waals surface area contributed by atoms with Gasteiger partial charge in [0.15, 0.2) is 0 Å². The van der Waals surface area contributed by atoms with E-state index in [1.165, 1.54) is 36.8 Å². The van der Waals surface area contributed by atoms with E-state index in [0.29, 0.717) is 6.10 Å². The summed E-state index contributed by atoms with van der Waals surface area (Å²) in [5.41, 5.74) is 2.91. The minimum atomic E-state index is 0.342. The minimum Gasteiger partial charge on any atom is -0.374 e. The molecule has 1 unspecified atom stereocenters. The highest BCUT2D eigenvalue weighted by atomic mass is 16.5. The Morgan fingerprint density at radius 2 is 2.17 bits per heavy atom. The molecule has 1 aromatic rings. The smallest absolute Gasteiger partial charge is 0.0827 e. The van der Waals surface area contributed by atoms with Crippen LogP contribution < -0.4 is 5.32 Å². The first-order valence-corrected chi connectivity index (χ1v) is 7.32. The van der Waals surface area contributed by atoms with Gasteiger partial charge in [-0.3, -0.25) is 0 Å². The number of hydrogen-bond donors (Lipinski definition) is 1. The maximum atomic E-state index is 6.06. The molecule has 0 aliphatic heterocycles. The molecule has 0 saturated carbocycles. The van der Waals surface area contributed by atoms with Crippen molar-refractivity contribution in [2.45, 2.75) is 45.1 Å². The van der Waals surface area contributed by atoms with Crippen LogP contribution in [0.5, 0.6) is 0 Å². The molecule has 0 radical (unpaired) electrons. The van der Waals surface area contributed by atoms with Gasteiger partial charge in [-0.2, -0.15) is 0 Å². The summed E-state index contributed by atoms with van der Waals surface area (Å²) in [6, 6.07) is 8.75. The molecule has 2 nitrogen and oxygen atoms in total. The summed E-state index contributed by atoms with van der Waals surface area (Å²) < 4.78 is 6.06. The summed E-state index contributed by atoms with van der Waals surface area (Å²) in [4.78, 5) is 0. The van der Waals surface area contributed by atoms with Gasteiger partial charge < -0.3 is 10.1 Å². The van der Waals surface area contributed by atoms with Gasteiger partial charge in [0.25, 0.3) is 0 Å². The normalized spacial score (nSPS) is 18.6. The molecule has 1 aliphatic rings. The number of unbranched alkanes of at least 4 members (excludes halogenated alkanes) is 1. The zero-order valence-electron chi connectivity index (χ0n) is 11.5. The predicted octanol–water partition coefficient (Wildman–Crippen LogP) is 3.47. The predicted molar refractivity (Wildman–Crippen MR) is 75.9 cm³/mol. The Kier molecular flexibility index (Phi) is 5.69. The third kappa shape index (κ3) is 3.82. The average Bonchev–Trinajstić information content (AvgIpc) is 2.43. The molecule has 0 saturated heterocycles. The first-order chi connectivity index (χ1) is 8.92. The molecule has 2 rings (SSSR count). The van der Waals surface area contributed by atoms with E-state index in [0.717, 1.165) is 26.1 Å². The molecule has 1 N–H and O–H groups in total. The SMILES string of the molecule is CCNCCCCOC1CCCc2ccccc21. The van der Waals surface area contributed by atoms with Crippen LogP contribution in [0.25, 0.3) is 0 Å². The van der Waals surface area contributed by atoms with Crippen LogP contribution in [0.2, 0.25) is 0 Å². The Balaban J connectivity index is 1.74. The molecule has 1 aliphatic carbocycles. The maximum Gasteiger partial charge on any atom is 0.0827 e. The number of ether oxygens (including phenoxy) is 1. The van der Waals surface area contributed by atoms with Crippen molar-refractivity contribution in [1.82, 2.24) is 5.32 Å².